The van der Waals surface area contributed by atoms with Gasteiger partial charge < -0.3 is 4.74 Å². The summed E-state index contributed by atoms with van der Waals surface area (Å²) in [7, 11) is 1.59. The first-order chi connectivity index (χ1) is 7.26. The molecule has 1 aromatic carbocycles. The minimum atomic E-state index is -0.322. The highest BCUT2D eigenvalue weighted by Gasteiger charge is 2.39. The van der Waals surface area contributed by atoms with Crippen molar-refractivity contribution < 1.29 is 9.50 Å². The standard InChI is InChI=1S/C10H9N2O2S/c1-14-7-2-3-8-9(6-7)15-10(4-5-11)12(8)13/h2-3,6,10H,4H2,1H3/q+1. The van der Waals surface area contributed by atoms with Crippen molar-refractivity contribution in [3.8, 4) is 11.8 Å². The molecule has 0 amide bonds. The van der Waals surface area contributed by atoms with Crippen LogP contribution in [0.25, 0.3) is 0 Å². The zero-order valence-corrected chi connectivity index (χ0v) is 8.95. The average molecular weight is 221 g/mol. The van der Waals surface area contributed by atoms with Gasteiger partial charge >= 0.3 is 0 Å². The lowest BCUT2D eigenvalue weighted by molar-refractivity contribution is -0.474. The molecule has 0 aliphatic carbocycles. The summed E-state index contributed by atoms with van der Waals surface area (Å²) in [4.78, 5) is 12.6. The summed E-state index contributed by atoms with van der Waals surface area (Å²) in [5.41, 5.74) is 0.626. The Labute approximate surface area is 91.4 Å². The van der Waals surface area contributed by atoms with Crippen LogP contribution in [0.3, 0.4) is 0 Å². The SMILES string of the molecule is COc1ccc2c(c1)SC(CC#N)[N+]2=O. The summed E-state index contributed by atoms with van der Waals surface area (Å²) in [6.07, 6.45) is 0.227. The molecule has 0 N–H and O–H groups in total. The maximum absolute atomic E-state index is 11.7. The number of hydrogen-bond donors (Lipinski definition) is 0. The van der Waals surface area contributed by atoms with Crippen molar-refractivity contribution in [3.63, 3.8) is 0 Å². The number of methoxy groups -OCH3 is 1. The maximum atomic E-state index is 11.7. The summed E-state index contributed by atoms with van der Waals surface area (Å²) < 4.78 is 5.96. The monoisotopic (exact) mass is 221 g/mol. The Kier molecular flexibility index (Phi) is 2.60. The second kappa shape index (κ2) is 3.91. The van der Waals surface area contributed by atoms with Crippen LogP contribution in [0.4, 0.5) is 5.69 Å². The molecule has 1 aliphatic heterocycles. The third kappa shape index (κ3) is 1.68. The van der Waals surface area contributed by atoms with Crippen LogP contribution in [-0.4, -0.2) is 17.2 Å². The lowest BCUT2D eigenvalue weighted by Crippen LogP contribution is -2.09. The van der Waals surface area contributed by atoms with Crippen LogP contribution >= 0.6 is 11.8 Å². The Morgan fingerprint density at radius 2 is 2.47 bits per heavy atom. The molecule has 4 nitrogen and oxygen atoms in total. The van der Waals surface area contributed by atoms with Gasteiger partial charge in [0.05, 0.1) is 22.8 Å². The molecule has 0 spiro atoms. The summed E-state index contributed by atoms with van der Waals surface area (Å²) in [5.74, 6) is 0.729. The molecule has 1 unspecified atom stereocenters. The highest BCUT2D eigenvalue weighted by Crippen LogP contribution is 2.44. The van der Waals surface area contributed by atoms with Gasteiger partial charge in [0, 0.05) is 17.0 Å². The number of benzene rings is 1. The zero-order chi connectivity index (χ0) is 10.8. The van der Waals surface area contributed by atoms with Gasteiger partial charge in [0.15, 0.2) is 0 Å². The smallest absolute Gasteiger partial charge is 0.271 e. The Hall–Kier alpha value is -1.54. The fraction of sp³-hybridized carbons (Fsp3) is 0.300. The number of ether oxygens (including phenoxy) is 1. The first-order valence-electron chi connectivity index (χ1n) is 4.44. The lowest BCUT2D eigenvalue weighted by Gasteiger charge is -1.97. The summed E-state index contributed by atoms with van der Waals surface area (Å²) >= 11 is 1.41. The van der Waals surface area contributed by atoms with Crippen molar-refractivity contribution in [2.75, 3.05) is 7.11 Å². The molecule has 0 radical (unpaired) electrons. The molecular formula is C10H9N2O2S+. The van der Waals surface area contributed by atoms with Gasteiger partial charge in [-0.1, -0.05) is 0 Å². The fourth-order valence-electron chi connectivity index (χ4n) is 1.45. The van der Waals surface area contributed by atoms with Crippen LogP contribution in [0.1, 0.15) is 6.42 Å². The number of nitriles is 1. The van der Waals surface area contributed by atoms with Crippen LogP contribution in [0.15, 0.2) is 23.1 Å². The first kappa shape index (κ1) is 9.99. The van der Waals surface area contributed by atoms with E-state index in [-0.39, 0.29) is 11.8 Å². The van der Waals surface area contributed by atoms with Gasteiger partial charge in [0.2, 0.25) is 0 Å². The largest absolute Gasteiger partial charge is 0.497 e. The molecule has 5 heteroatoms. The number of hydrogen-bond acceptors (Lipinski definition) is 4. The van der Waals surface area contributed by atoms with Gasteiger partial charge in [-0.2, -0.15) is 5.26 Å². The lowest BCUT2D eigenvalue weighted by atomic mass is 10.3. The van der Waals surface area contributed by atoms with Crippen LogP contribution < -0.4 is 4.74 Å². The van der Waals surface area contributed by atoms with Crippen molar-refractivity contribution in [2.45, 2.75) is 16.7 Å². The molecule has 2 rings (SSSR count). The Morgan fingerprint density at radius 1 is 1.67 bits per heavy atom. The van der Waals surface area contributed by atoms with Crippen LogP contribution in [0.2, 0.25) is 0 Å². The second-order valence-corrected chi connectivity index (χ2v) is 4.31. The average Bonchev–Trinajstić information content (AvgIpc) is 2.56. The minimum Gasteiger partial charge on any atom is -0.497 e. The molecule has 0 aromatic heterocycles. The van der Waals surface area contributed by atoms with Crippen molar-refractivity contribution in [3.05, 3.63) is 23.1 Å². The van der Waals surface area contributed by atoms with Crippen molar-refractivity contribution in [1.82, 2.24) is 0 Å². The van der Waals surface area contributed by atoms with E-state index in [1.165, 1.54) is 11.8 Å². The number of fused-ring (bicyclic) bond motifs is 1. The van der Waals surface area contributed by atoms with Gasteiger partial charge in [-0.05, 0) is 17.8 Å². The third-order valence-corrected chi connectivity index (χ3v) is 3.41. The van der Waals surface area contributed by atoms with Crippen molar-refractivity contribution >= 4 is 17.4 Å². The van der Waals surface area contributed by atoms with Gasteiger partial charge in [-0.3, -0.25) is 0 Å². The van der Waals surface area contributed by atoms with E-state index in [1.807, 2.05) is 12.1 Å². The van der Waals surface area contributed by atoms with E-state index in [1.54, 1.807) is 19.2 Å². The van der Waals surface area contributed by atoms with E-state index in [2.05, 4.69) is 0 Å². The van der Waals surface area contributed by atoms with E-state index in [0.717, 1.165) is 15.4 Å². The predicted octanol–water partition coefficient (Wildman–Crippen LogP) is 2.45. The number of nitrogens with zero attached hydrogens (tertiary/aromatic N) is 2. The predicted molar refractivity (Wildman–Crippen MR) is 56.2 cm³/mol. The molecule has 76 valence electrons. The summed E-state index contributed by atoms with van der Waals surface area (Å²) in [6, 6.07) is 7.31. The van der Waals surface area contributed by atoms with Crippen molar-refractivity contribution in [1.29, 1.82) is 5.26 Å². The highest BCUT2D eigenvalue weighted by molar-refractivity contribution is 8.00. The topological polar surface area (TPSA) is 53.1 Å². The fourth-order valence-corrected chi connectivity index (χ4v) is 2.57. The third-order valence-electron chi connectivity index (χ3n) is 2.19. The second-order valence-electron chi connectivity index (χ2n) is 3.09. The molecule has 0 bridgehead atoms. The summed E-state index contributed by atoms with van der Waals surface area (Å²) in [6.45, 7) is 0. The molecule has 1 aromatic rings. The van der Waals surface area contributed by atoms with Crippen molar-refractivity contribution in [2.24, 2.45) is 0 Å². The Balaban J connectivity index is 2.33. The number of nitroso groups, excluding NO2 is 1. The quantitative estimate of drug-likeness (QED) is 0.720. The summed E-state index contributed by atoms with van der Waals surface area (Å²) in [5, 5.41) is 8.25. The zero-order valence-electron chi connectivity index (χ0n) is 8.14. The minimum absolute atomic E-state index is 0.227. The molecule has 0 saturated heterocycles. The van der Waals surface area contributed by atoms with Gasteiger partial charge in [-0.15, -0.1) is 0 Å². The highest BCUT2D eigenvalue weighted by atomic mass is 32.2. The van der Waals surface area contributed by atoms with Crippen LogP contribution in [-0.2, 0) is 0 Å². The normalized spacial score (nSPS) is 18.4. The number of thioether (sulfide) groups is 1. The molecule has 0 saturated carbocycles. The molecular weight excluding hydrogens is 212 g/mol. The Bertz CT molecular complexity index is 453. The van der Waals surface area contributed by atoms with Crippen LogP contribution in [0, 0.1) is 16.2 Å². The molecule has 1 aliphatic rings. The van der Waals surface area contributed by atoms with Crippen LogP contribution in [0.5, 0.6) is 5.75 Å². The van der Waals surface area contributed by atoms with E-state index >= 15 is 0 Å². The van der Waals surface area contributed by atoms with Gasteiger partial charge in [0.25, 0.3) is 11.1 Å². The van der Waals surface area contributed by atoms with E-state index < -0.39 is 0 Å². The Morgan fingerprint density at radius 3 is 3.13 bits per heavy atom. The molecule has 15 heavy (non-hydrogen) atoms. The van der Waals surface area contributed by atoms with E-state index in [4.69, 9.17) is 10.00 Å². The van der Waals surface area contributed by atoms with E-state index in [0.29, 0.717) is 5.69 Å². The first-order valence-corrected chi connectivity index (χ1v) is 5.32. The molecule has 1 heterocycles. The van der Waals surface area contributed by atoms with Gasteiger partial charge in [0.1, 0.15) is 12.2 Å². The maximum Gasteiger partial charge on any atom is 0.271 e. The molecule has 0 fully saturated rings. The number of rotatable bonds is 2. The van der Waals surface area contributed by atoms with Gasteiger partial charge in [-0.25, -0.2) is 0 Å². The molecule has 1 atom stereocenters. The van der Waals surface area contributed by atoms with E-state index in [9.17, 15) is 4.91 Å².